The third-order valence-corrected chi connectivity index (χ3v) is 1.21. The van der Waals surface area contributed by atoms with Crippen molar-refractivity contribution < 1.29 is 4.74 Å². The van der Waals surface area contributed by atoms with Crippen LogP contribution in [0.25, 0.3) is 0 Å². The molecule has 1 N–H and O–H groups in total. The van der Waals surface area contributed by atoms with Gasteiger partial charge in [0.2, 0.25) is 0 Å². The molecule has 0 spiro atoms. The molecular weight excluding hydrogens is 114 g/mol. The van der Waals surface area contributed by atoms with Gasteiger partial charge < -0.3 is 10.1 Å². The smallest absolute Gasteiger partial charge is 0.0616 e. The van der Waals surface area contributed by atoms with Crippen molar-refractivity contribution >= 4 is 0 Å². The molecule has 0 aliphatic heterocycles. The van der Waals surface area contributed by atoms with Crippen LogP contribution in [0.3, 0.4) is 0 Å². The highest BCUT2D eigenvalue weighted by Gasteiger charge is 1.94. The van der Waals surface area contributed by atoms with Gasteiger partial charge in [0.05, 0.1) is 6.61 Å². The standard InChI is InChI=1S/C7H17NO/c1-4-5-9-6-7(2)8-3/h7-8H,4-6H2,1-3H3/t7-/m0/s1. The minimum absolute atomic E-state index is 0.483. The van der Waals surface area contributed by atoms with E-state index in [1.54, 1.807) is 0 Å². The molecule has 0 aliphatic carbocycles. The van der Waals surface area contributed by atoms with Crippen LogP contribution in [0.2, 0.25) is 0 Å². The van der Waals surface area contributed by atoms with Crippen molar-refractivity contribution in [3.8, 4) is 0 Å². The van der Waals surface area contributed by atoms with E-state index >= 15 is 0 Å². The fraction of sp³-hybridized carbons (Fsp3) is 1.00. The van der Waals surface area contributed by atoms with E-state index < -0.39 is 0 Å². The summed E-state index contributed by atoms with van der Waals surface area (Å²) in [5, 5.41) is 3.10. The van der Waals surface area contributed by atoms with Crippen LogP contribution in [0.4, 0.5) is 0 Å². The molecule has 0 aliphatic rings. The van der Waals surface area contributed by atoms with Gasteiger partial charge in [-0.3, -0.25) is 0 Å². The predicted molar refractivity (Wildman–Crippen MR) is 39.6 cm³/mol. The van der Waals surface area contributed by atoms with E-state index in [0.717, 1.165) is 19.6 Å². The number of hydrogen-bond donors (Lipinski definition) is 1. The zero-order chi connectivity index (χ0) is 7.11. The maximum absolute atomic E-state index is 5.27. The molecule has 0 heterocycles. The molecule has 0 bridgehead atoms. The molecule has 2 nitrogen and oxygen atoms in total. The number of likely N-dealkylation sites (N-methyl/N-ethyl adjacent to an activating group) is 1. The second-order valence-electron chi connectivity index (χ2n) is 2.26. The Balaban J connectivity index is 2.88. The van der Waals surface area contributed by atoms with Crippen molar-refractivity contribution in [2.75, 3.05) is 20.3 Å². The lowest BCUT2D eigenvalue weighted by molar-refractivity contribution is 0.118. The molecule has 0 amide bonds. The minimum Gasteiger partial charge on any atom is -0.380 e. The Morgan fingerprint density at radius 1 is 1.56 bits per heavy atom. The maximum atomic E-state index is 5.27. The zero-order valence-corrected chi connectivity index (χ0v) is 6.61. The summed E-state index contributed by atoms with van der Waals surface area (Å²) in [5.74, 6) is 0. The fourth-order valence-corrected chi connectivity index (χ4v) is 0.488. The molecule has 0 aromatic carbocycles. The SMILES string of the molecule is CCCOC[C@H](C)NC. The van der Waals surface area contributed by atoms with Crippen molar-refractivity contribution in [2.45, 2.75) is 26.3 Å². The molecule has 1 atom stereocenters. The lowest BCUT2D eigenvalue weighted by atomic mass is 10.4. The Morgan fingerprint density at radius 3 is 2.67 bits per heavy atom. The highest BCUT2D eigenvalue weighted by molar-refractivity contribution is 4.52. The van der Waals surface area contributed by atoms with Gasteiger partial charge in [-0.25, -0.2) is 0 Å². The summed E-state index contributed by atoms with van der Waals surface area (Å²) in [7, 11) is 1.94. The predicted octanol–water partition coefficient (Wildman–Crippen LogP) is 1.02. The highest BCUT2D eigenvalue weighted by Crippen LogP contribution is 1.84. The minimum atomic E-state index is 0.483. The normalized spacial score (nSPS) is 13.7. The van der Waals surface area contributed by atoms with Crippen molar-refractivity contribution in [1.82, 2.24) is 5.32 Å². The van der Waals surface area contributed by atoms with Gasteiger partial charge in [-0.1, -0.05) is 6.92 Å². The molecule has 0 unspecified atom stereocenters. The molecule has 0 aromatic rings. The summed E-state index contributed by atoms with van der Waals surface area (Å²) in [4.78, 5) is 0. The van der Waals surface area contributed by atoms with Crippen LogP contribution in [0.15, 0.2) is 0 Å². The second kappa shape index (κ2) is 6.05. The number of ether oxygens (including phenoxy) is 1. The zero-order valence-electron chi connectivity index (χ0n) is 6.61. The summed E-state index contributed by atoms with van der Waals surface area (Å²) < 4.78 is 5.27. The first-order valence-corrected chi connectivity index (χ1v) is 3.56. The van der Waals surface area contributed by atoms with Crippen molar-refractivity contribution in [3.63, 3.8) is 0 Å². The summed E-state index contributed by atoms with van der Waals surface area (Å²) >= 11 is 0. The third-order valence-electron chi connectivity index (χ3n) is 1.21. The lowest BCUT2D eigenvalue weighted by Gasteiger charge is -2.09. The van der Waals surface area contributed by atoms with Crippen molar-refractivity contribution in [3.05, 3.63) is 0 Å². The summed E-state index contributed by atoms with van der Waals surface area (Å²) in [6, 6.07) is 0.483. The maximum Gasteiger partial charge on any atom is 0.0616 e. The van der Waals surface area contributed by atoms with Crippen molar-refractivity contribution in [1.29, 1.82) is 0 Å². The lowest BCUT2D eigenvalue weighted by Crippen LogP contribution is -2.26. The molecule has 2 heteroatoms. The average molecular weight is 131 g/mol. The van der Waals surface area contributed by atoms with Gasteiger partial charge in [0.15, 0.2) is 0 Å². The number of rotatable bonds is 5. The van der Waals surface area contributed by atoms with Gasteiger partial charge in [0.1, 0.15) is 0 Å². The molecular formula is C7H17NO. The van der Waals surface area contributed by atoms with Gasteiger partial charge in [-0.2, -0.15) is 0 Å². The quantitative estimate of drug-likeness (QED) is 0.562. The van der Waals surface area contributed by atoms with Gasteiger partial charge in [0, 0.05) is 12.6 Å². The van der Waals surface area contributed by atoms with Crippen molar-refractivity contribution in [2.24, 2.45) is 0 Å². The molecule has 0 fully saturated rings. The van der Waals surface area contributed by atoms with E-state index in [0.29, 0.717) is 6.04 Å². The number of hydrogen-bond acceptors (Lipinski definition) is 2. The van der Waals surface area contributed by atoms with Crippen LogP contribution >= 0.6 is 0 Å². The van der Waals surface area contributed by atoms with E-state index in [9.17, 15) is 0 Å². The Labute approximate surface area is 57.6 Å². The molecule has 0 radical (unpaired) electrons. The second-order valence-corrected chi connectivity index (χ2v) is 2.26. The monoisotopic (exact) mass is 131 g/mol. The topological polar surface area (TPSA) is 21.3 Å². The molecule has 0 rings (SSSR count). The summed E-state index contributed by atoms with van der Waals surface area (Å²) in [6.45, 7) is 5.93. The van der Waals surface area contributed by atoms with Gasteiger partial charge in [-0.15, -0.1) is 0 Å². The molecule has 0 aromatic heterocycles. The highest BCUT2D eigenvalue weighted by atomic mass is 16.5. The van der Waals surface area contributed by atoms with Crippen LogP contribution < -0.4 is 5.32 Å². The van der Waals surface area contributed by atoms with E-state index in [-0.39, 0.29) is 0 Å². The van der Waals surface area contributed by atoms with Gasteiger partial charge in [-0.05, 0) is 20.4 Å². The van der Waals surface area contributed by atoms with Crippen LogP contribution in [0.5, 0.6) is 0 Å². The Hall–Kier alpha value is -0.0800. The number of nitrogens with one attached hydrogen (secondary N) is 1. The van der Waals surface area contributed by atoms with Gasteiger partial charge in [0.25, 0.3) is 0 Å². The van der Waals surface area contributed by atoms with Crippen LogP contribution in [-0.2, 0) is 4.74 Å². The average Bonchev–Trinajstić information content (AvgIpc) is 1.89. The Morgan fingerprint density at radius 2 is 2.22 bits per heavy atom. The molecule has 0 saturated heterocycles. The fourth-order valence-electron chi connectivity index (χ4n) is 0.488. The van der Waals surface area contributed by atoms with Crippen LogP contribution in [0.1, 0.15) is 20.3 Å². The summed E-state index contributed by atoms with van der Waals surface area (Å²) in [6.07, 6.45) is 1.11. The Kier molecular flexibility index (Phi) is 5.99. The van der Waals surface area contributed by atoms with E-state index in [2.05, 4.69) is 19.2 Å². The first-order valence-electron chi connectivity index (χ1n) is 3.56. The van der Waals surface area contributed by atoms with E-state index in [1.165, 1.54) is 0 Å². The van der Waals surface area contributed by atoms with E-state index in [4.69, 9.17) is 4.74 Å². The summed E-state index contributed by atoms with van der Waals surface area (Å²) in [5.41, 5.74) is 0. The third kappa shape index (κ3) is 5.80. The molecule has 0 saturated carbocycles. The van der Waals surface area contributed by atoms with Crippen LogP contribution in [0, 0.1) is 0 Å². The van der Waals surface area contributed by atoms with Gasteiger partial charge >= 0.3 is 0 Å². The molecule has 9 heavy (non-hydrogen) atoms. The molecule has 56 valence electrons. The first kappa shape index (κ1) is 8.92. The Bertz CT molecular complexity index is 56.9. The van der Waals surface area contributed by atoms with Crippen LogP contribution in [-0.4, -0.2) is 26.3 Å². The first-order chi connectivity index (χ1) is 4.31. The van der Waals surface area contributed by atoms with E-state index in [1.807, 2.05) is 7.05 Å². The largest absolute Gasteiger partial charge is 0.380 e.